The standard InChI is InChI=1S/C8H6O.C5H8.C4H6/c1-2-4-7(5-3-1)8-6-9-8;1-4-5(2)3;1-3-4-2/h1-6H;4H,1-2H2,3H3;3-4H,1-2H2. The summed E-state index contributed by atoms with van der Waals surface area (Å²) in [6.45, 7) is 15.6. The summed E-state index contributed by atoms with van der Waals surface area (Å²) in [6.07, 6.45) is 6.75. The quantitative estimate of drug-likeness (QED) is 0.668. The van der Waals surface area contributed by atoms with Crippen molar-refractivity contribution < 1.29 is 4.74 Å². The molecule has 18 heavy (non-hydrogen) atoms. The Bertz CT molecular complexity index is 418. The molecule has 1 heterocycles. The monoisotopic (exact) mass is 240 g/mol. The zero-order valence-electron chi connectivity index (χ0n) is 10.9. The lowest BCUT2D eigenvalue weighted by Gasteiger charge is -1.86. The van der Waals surface area contributed by atoms with Crippen molar-refractivity contribution >= 4 is 5.76 Å². The Morgan fingerprint density at radius 1 is 1.06 bits per heavy atom. The molecule has 0 spiro atoms. The molecule has 0 saturated carbocycles. The summed E-state index contributed by atoms with van der Waals surface area (Å²) in [7, 11) is 0. The Hall–Kier alpha value is -2.28. The molecule has 1 aliphatic rings. The van der Waals surface area contributed by atoms with Crippen LogP contribution in [0.2, 0.25) is 0 Å². The second kappa shape index (κ2) is 9.91. The van der Waals surface area contributed by atoms with Crippen LogP contribution in [0.25, 0.3) is 5.76 Å². The van der Waals surface area contributed by atoms with Crippen LogP contribution in [-0.4, -0.2) is 0 Å². The maximum Gasteiger partial charge on any atom is 0.168 e. The molecule has 0 unspecified atom stereocenters. The van der Waals surface area contributed by atoms with Gasteiger partial charge >= 0.3 is 0 Å². The summed E-state index contributed by atoms with van der Waals surface area (Å²) in [5.41, 5.74) is 2.18. The van der Waals surface area contributed by atoms with Crippen LogP contribution in [0.3, 0.4) is 0 Å². The van der Waals surface area contributed by atoms with Crippen molar-refractivity contribution in [2.45, 2.75) is 6.92 Å². The molecule has 0 atom stereocenters. The topological polar surface area (TPSA) is 12.5 Å². The summed E-state index contributed by atoms with van der Waals surface area (Å²) < 4.78 is 4.89. The van der Waals surface area contributed by atoms with Crippen molar-refractivity contribution in [3.63, 3.8) is 0 Å². The van der Waals surface area contributed by atoms with Gasteiger partial charge in [0.15, 0.2) is 5.76 Å². The van der Waals surface area contributed by atoms with E-state index in [4.69, 9.17) is 4.74 Å². The van der Waals surface area contributed by atoms with Gasteiger partial charge in [0.05, 0.1) is 0 Å². The van der Waals surface area contributed by atoms with Gasteiger partial charge in [-0.15, -0.1) is 0 Å². The van der Waals surface area contributed by atoms with Gasteiger partial charge in [0, 0.05) is 5.56 Å². The molecule has 0 radical (unpaired) electrons. The first-order valence-electron chi connectivity index (χ1n) is 5.59. The molecule has 0 aromatic heterocycles. The molecule has 1 nitrogen and oxygen atoms in total. The number of allylic oxidation sites excluding steroid dienone is 4. The van der Waals surface area contributed by atoms with E-state index in [1.807, 2.05) is 37.3 Å². The highest BCUT2D eigenvalue weighted by Gasteiger charge is 2.10. The zero-order chi connectivity index (χ0) is 13.8. The van der Waals surface area contributed by atoms with Crippen LogP contribution in [0.1, 0.15) is 12.5 Å². The average Bonchev–Trinajstić information content (AvgIpc) is 3.25. The number of hydrogen-bond donors (Lipinski definition) is 0. The minimum absolute atomic E-state index is 0.996. The van der Waals surface area contributed by atoms with Crippen molar-refractivity contribution in [2.75, 3.05) is 0 Å². The first-order chi connectivity index (χ1) is 8.65. The van der Waals surface area contributed by atoms with E-state index in [0.717, 1.165) is 16.9 Å². The largest absolute Gasteiger partial charge is 0.457 e. The van der Waals surface area contributed by atoms with Crippen molar-refractivity contribution in [3.8, 4) is 0 Å². The van der Waals surface area contributed by atoms with E-state index < -0.39 is 0 Å². The lowest BCUT2D eigenvalue weighted by molar-refractivity contribution is 0.563. The maximum atomic E-state index is 4.89. The molecule has 0 aliphatic carbocycles. The van der Waals surface area contributed by atoms with Crippen molar-refractivity contribution in [3.05, 3.63) is 92.3 Å². The third kappa shape index (κ3) is 8.98. The lowest BCUT2D eigenvalue weighted by atomic mass is 10.2. The summed E-state index contributed by atoms with van der Waals surface area (Å²) in [6, 6.07) is 10.0. The van der Waals surface area contributed by atoms with Crippen molar-refractivity contribution in [1.82, 2.24) is 0 Å². The SMILES string of the molecule is C1=C(c2ccccc2)O1.C=CC(=C)C.C=CC=C. The Kier molecular flexibility index (Phi) is 8.66. The summed E-state index contributed by atoms with van der Waals surface area (Å²) in [5.74, 6) is 0.996. The number of rotatable bonds is 3. The fourth-order valence-corrected chi connectivity index (χ4v) is 0.768. The van der Waals surface area contributed by atoms with Crippen molar-refractivity contribution in [2.24, 2.45) is 0 Å². The number of hydrogen-bond acceptors (Lipinski definition) is 1. The maximum absolute atomic E-state index is 4.89. The van der Waals surface area contributed by atoms with Gasteiger partial charge < -0.3 is 4.74 Å². The highest BCUT2D eigenvalue weighted by molar-refractivity contribution is 5.66. The second-order valence-corrected chi connectivity index (χ2v) is 3.49. The molecule has 94 valence electrons. The molecular weight excluding hydrogens is 220 g/mol. The van der Waals surface area contributed by atoms with Crippen LogP contribution in [0, 0.1) is 0 Å². The Morgan fingerprint density at radius 3 is 1.78 bits per heavy atom. The summed E-state index contributed by atoms with van der Waals surface area (Å²) in [5, 5.41) is 0. The Balaban J connectivity index is 0.000000278. The van der Waals surface area contributed by atoms with E-state index in [1.54, 1.807) is 24.5 Å². The zero-order valence-corrected chi connectivity index (χ0v) is 10.9. The highest BCUT2D eigenvalue weighted by Crippen LogP contribution is 2.25. The van der Waals surface area contributed by atoms with Crippen LogP contribution in [0.15, 0.2) is 86.7 Å². The molecule has 1 aromatic rings. The van der Waals surface area contributed by atoms with Crippen LogP contribution in [0.4, 0.5) is 0 Å². The number of benzene rings is 1. The fraction of sp³-hybridized carbons (Fsp3) is 0.0588. The van der Waals surface area contributed by atoms with Gasteiger partial charge in [-0.1, -0.05) is 80.4 Å². The summed E-state index contributed by atoms with van der Waals surface area (Å²) >= 11 is 0. The first kappa shape index (κ1) is 15.7. The number of ether oxygens (including phenoxy) is 1. The van der Waals surface area contributed by atoms with E-state index in [2.05, 4.69) is 26.3 Å². The van der Waals surface area contributed by atoms with E-state index in [-0.39, 0.29) is 0 Å². The molecule has 1 aromatic carbocycles. The molecule has 0 amide bonds. The molecule has 1 heteroatoms. The first-order valence-corrected chi connectivity index (χ1v) is 5.59. The van der Waals surface area contributed by atoms with E-state index in [0.29, 0.717) is 0 Å². The smallest absolute Gasteiger partial charge is 0.168 e. The van der Waals surface area contributed by atoms with Gasteiger partial charge in [0.1, 0.15) is 6.26 Å². The Labute approximate surface area is 110 Å². The molecular formula is C17H20O. The van der Waals surface area contributed by atoms with E-state index in [9.17, 15) is 0 Å². The average molecular weight is 240 g/mol. The molecule has 0 fully saturated rings. The highest BCUT2D eigenvalue weighted by atomic mass is 16.5. The summed E-state index contributed by atoms with van der Waals surface area (Å²) in [4.78, 5) is 0. The lowest BCUT2D eigenvalue weighted by Crippen LogP contribution is -1.68. The van der Waals surface area contributed by atoms with E-state index >= 15 is 0 Å². The Morgan fingerprint density at radius 2 is 1.50 bits per heavy atom. The molecule has 0 N–H and O–H groups in total. The van der Waals surface area contributed by atoms with Crippen LogP contribution >= 0.6 is 0 Å². The van der Waals surface area contributed by atoms with Gasteiger partial charge in [-0.3, -0.25) is 0 Å². The van der Waals surface area contributed by atoms with E-state index in [1.165, 1.54) is 0 Å². The van der Waals surface area contributed by atoms with Gasteiger partial charge in [0.25, 0.3) is 0 Å². The molecule has 1 aliphatic heterocycles. The molecule has 0 bridgehead atoms. The third-order valence-electron chi connectivity index (χ3n) is 1.81. The van der Waals surface area contributed by atoms with Gasteiger partial charge in [-0.2, -0.15) is 0 Å². The van der Waals surface area contributed by atoms with Crippen LogP contribution < -0.4 is 0 Å². The van der Waals surface area contributed by atoms with Crippen LogP contribution in [0.5, 0.6) is 0 Å². The molecule has 0 saturated heterocycles. The predicted octanol–water partition coefficient (Wildman–Crippen LogP) is 5.12. The van der Waals surface area contributed by atoms with Gasteiger partial charge in [0.2, 0.25) is 0 Å². The fourth-order valence-electron chi connectivity index (χ4n) is 0.768. The molecule has 2 rings (SSSR count). The third-order valence-corrected chi connectivity index (χ3v) is 1.81. The van der Waals surface area contributed by atoms with Crippen molar-refractivity contribution in [1.29, 1.82) is 0 Å². The van der Waals surface area contributed by atoms with Gasteiger partial charge in [-0.25, -0.2) is 0 Å². The van der Waals surface area contributed by atoms with Crippen LogP contribution in [-0.2, 0) is 4.74 Å². The normalized spacial score (nSPS) is 9.94. The second-order valence-electron chi connectivity index (χ2n) is 3.49. The van der Waals surface area contributed by atoms with Gasteiger partial charge in [-0.05, 0) is 6.92 Å². The predicted molar refractivity (Wildman–Crippen MR) is 80.9 cm³/mol. The minimum atomic E-state index is 0.996. The minimum Gasteiger partial charge on any atom is -0.457 e.